The monoisotopic (exact) mass is 410 g/mol. The molecule has 0 bridgehead atoms. The Kier molecular flexibility index (Phi) is 7.09. The summed E-state index contributed by atoms with van der Waals surface area (Å²) < 4.78 is 31.1. The van der Waals surface area contributed by atoms with Gasteiger partial charge in [0, 0.05) is 0 Å². The van der Waals surface area contributed by atoms with E-state index in [0.717, 1.165) is 0 Å². The summed E-state index contributed by atoms with van der Waals surface area (Å²) in [5, 5.41) is 0. The van der Waals surface area contributed by atoms with Crippen LogP contribution < -0.4 is 9.05 Å². The average molecular weight is 410 g/mol. The highest BCUT2D eigenvalue weighted by Crippen LogP contribution is 2.61. The number of ether oxygens (including phenoxy) is 1. The van der Waals surface area contributed by atoms with Crippen molar-refractivity contribution in [3.05, 3.63) is 96.6 Å². The third-order valence-electron chi connectivity index (χ3n) is 4.18. The highest BCUT2D eigenvalue weighted by atomic mass is 31.2. The number of rotatable bonds is 9. The largest absolute Gasteiger partial charge is 0.466 e. The molecular weight excluding hydrogens is 387 g/mol. The van der Waals surface area contributed by atoms with Crippen LogP contribution in [0.5, 0.6) is 11.5 Å². The van der Waals surface area contributed by atoms with Gasteiger partial charge in [-0.25, -0.2) is 4.57 Å². The zero-order chi connectivity index (χ0) is 20.5. The Morgan fingerprint density at radius 1 is 0.793 bits per heavy atom. The van der Waals surface area contributed by atoms with E-state index in [4.69, 9.17) is 13.8 Å². The molecule has 0 spiro atoms. The summed E-state index contributed by atoms with van der Waals surface area (Å²) in [6.45, 7) is 1.97. The smallest absolute Gasteiger partial charge is 0.438 e. The van der Waals surface area contributed by atoms with Crippen LogP contribution in [-0.4, -0.2) is 12.6 Å². The van der Waals surface area contributed by atoms with E-state index in [9.17, 15) is 9.36 Å². The first kappa shape index (κ1) is 20.7. The molecule has 0 saturated heterocycles. The predicted octanol–water partition coefficient (Wildman–Crippen LogP) is 6.03. The zero-order valence-corrected chi connectivity index (χ0v) is 17.0. The van der Waals surface area contributed by atoms with E-state index in [1.54, 1.807) is 67.6 Å². The predicted molar refractivity (Wildman–Crippen MR) is 112 cm³/mol. The van der Waals surface area contributed by atoms with Crippen molar-refractivity contribution in [2.24, 2.45) is 0 Å². The Balaban J connectivity index is 2.03. The van der Waals surface area contributed by atoms with Crippen molar-refractivity contribution in [3.63, 3.8) is 0 Å². The summed E-state index contributed by atoms with van der Waals surface area (Å²) >= 11 is 0. The summed E-state index contributed by atoms with van der Waals surface area (Å²) in [7, 11) is -3.87. The van der Waals surface area contributed by atoms with Crippen molar-refractivity contribution < 1.29 is 23.1 Å². The van der Waals surface area contributed by atoms with E-state index >= 15 is 0 Å². The topological polar surface area (TPSA) is 61.8 Å². The Morgan fingerprint density at radius 2 is 1.24 bits per heavy atom. The molecule has 0 N–H and O–H groups in total. The lowest BCUT2D eigenvalue weighted by molar-refractivity contribution is -0.143. The molecule has 0 aliphatic rings. The van der Waals surface area contributed by atoms with Gasteiger partial charge in [0.2, 0.25) is 0 Å². The van der Waals surface area contributed by atoms with Crippen LogP contribution in [0.2, 0.25) is 0 Å². The highest BCUT2D eigenvalue weighted by molar-refractivity contribution is 7.55. The first-order valence-corrected chi connectivity index (χ1v) is 11.0. The second kappa shape index (κ2) is 9.94. The van der Waals surface area contributed by atoms with Gasteiger partial charge in [-0.05, 0) is 36.8 Å². The molecule has 0 aliphatic heterocycles. The molecule has 0 heterocycles. The average Bonchev–Trinajstić information content (AvgIpc) is 2.74. The molecular formula is C23H23O5P. The second-order valence-electron chi connectivity index (χ2n) is 6.28. The molecule has 3 aromatic rings. The fourth-order valence-corrected chi connectivity index (χ4v) is 4.90. The number of para-hydroxylation sites is 2. The van der Waals surface area contributed by atoms with Crippen LogP contribution in [0.1, 0.15) is 24.6 Å². The fraction of sp³-hybridized carbons (Fsp3) is 0.174. The van der Waals surface area contributed by atoms with Gasteiger partial charge in [-0.1, -0.05) is 66.7 Å². The molecule has 0 aliphatic carbocycles. The van der Waals surface area contributed by atoms with Crippen LogP contribution in [-0.2, 0) is 14.1 Å². The highest BCUT2D eigenvalue weighted by Gasteiger charge is 2.42. The zero-order valence-electron chi connectivity index (χ0n) is 16.1. The molecule has 5 nitrogen and oxygen atoms in total. The van der Waals surface area contributed by atoms with E-state index in [2.05, 4.69) is 0 Å². The maximum Gasteiger partial charge on any atom is 0.438 e. The third kappa shape index (κ3) is 5.72. The van der Waals surface area contributed by atoms with Crippen LogP contribution in [0, 0.1) is 0 Å². The number of esters is 1. The lowest BCUT2D eigenvalue weighted by Gasteiger charge is -2.27. The molecule has 3 aromatic carbocycles. The van der Waals surface area contributed by atoms with Crippen LogP contribution in [0.3, 0.4) is 0 Å². The van der Waals surface area contributed by atoms with Crippen LogP contribution >= 0.6 is 7.60 Å². The summed E-state index contributed by atoms with van der Waals surface area (Å²) in [6, 6.07) is 26.7. The minimum absolute atomic E-state index is 0.130. The molecule has 0 aromatic heterocycles. The van der Waals surface area contributed by atoms with Gasteiger partial charge in [0.25, 0.3) is 0 Å². The van der Waals surface area contributed by atoms with Crippen molar-refractivity contribution in [2.45, 2.75) is 19.0 Å². The van der Waals surface area contributed by atoms with Crippen LogP contribution in [0.4, 0.5) is 0 Å². The first-order chi connectivity index (χ1) is 14.1. The maximum absolute atomic E-state index is 14.1. The molecule has 29 heavy (non-hydrogen) atoms. The molecule has 0 fully saturated rings. The van der Waals surface area contributed by atoms with Gasteiger partial charge in [-0.15, -0.1) is 0 Å². The summed E-state index contributed by atoms with van der Waals surface area (Å²) in [5.41, 5.74) is -0.154. The lowest BCUT2D eigenvalue weighted by Crippen LogP contribution is -2.16. The quantitative estimate of drug-likeness (QED) is 0.318. The normalized spacial score (nSPS) is 12.0. The van der Waals surface area contributed by atoms with Gasteiger partial charge in [-0.2, -0.15) is 0 Å². The van der Waals surface area contributed by atoms with E-state index in [-0.39, 0.29) is 13.0 Å². The number of carbonyl (C=O) groups excluding carboxylic acids is 1. The number of hydrogen-bond acceptors (Lipinski definition) is 5. The Morgan fingerprint density at radius 3 is 1.69 bits per heavy atom. The van der Waals surface area contributed by atoms with Gasteiger partial charge < -0.3 is 13.8 Å². The third-order valence-corrected chi connectivity index (χ3v) is 6.36. The SMILES string of the molecule is CCOC(=O)CC(c1ccccc1)P(=O)(Oc1ccccc1)Oc1ccccc1. The van der Waals surface area contributed by atoms with Gasteiger partial charge in [-0.3, -0.25) is 4.79 Å². The summed E-state index contributed by atoms with van der Waals surface area (Å²) in [4.78, 5) is 12.3. The van der Waals surface area contributed by atoms with Crippen molar-refractivity contribution in [1.29, 1.82) is 0 Å². The Bertz CT molecular complexity index is 899. The van der Waals surface area contributed by atoms with Crippen molar-refractivity contribution >= 4 is 13.6 Å². The number of benzene rings is 3. The minimum Gasteiger partial charge on any atom is -0.466 e. The van der Waals surface area contributed by atoms with Gasteiger partial charge in [0.1, 0.15) is 17.2 Å². The van der Waals surface area contributed by atoms with Crippen LogP contribution in [0.15, 0.2) is 91.0 Å². The number of carbonyl (C=O) groups is 1. The molecule has 3 rings (SSSR count). The Labute approximate surface area is 170 Å². The maximum atomic E-state index is 14.1. The van der Waals surface area contributed by atoms with Crippen molar-refractivity contribution in [2.75, 3.05) is 6.61 Å². The summed E-state index contributed by atoms with van der Waals surface area (Å²) in [6.07, 6.45) is -0.130. The molecule has 0 amide bonds. The fourth-order valence-electron chi connectivity index (χ4n) is 2.87. The van der Waals surface area contributed by atoms with Gasteiger partial charge >= 0.3 is 13.6 Å². The van der Waals surface area contributed by atoms with Crippen LogP contribution in [0.25, 0.3) is 0 Å². The second-order valence-corrected chi connectivity index (χ2v) is 8.35. The molecule has 1 atom stereocenters. The molecule has 1 unspecified atom stereocenters. The number of hydrogen-bond donors (Lipinski definition) is 0. The van der Waals surface area contributed by atoms with Gasteiger partial charge in [0.05, 0.1) is 13.0 Å². The van der Waals surface area contributed by atoms with E-state index in [1.807, 2.05) is 30.3 Å². The van der Waals surface area contributed by atoms with Crippen molar-refractivity contribution in [1.82, 2.24) is 0 Å². The standard InChI is InChI=1S/C23H23O5P/c1-2-26-23(24)18-22(19-12-6-3-7-13-19)29(25,27-20-14-8-4-9-15-20)28-21-16-10-5-11-17-21/h3-17,22H,2,18H2,1H3. The van der Waals surface area contributed by atoms with Crippen molar-refractivity contribution in [3.8, 4) is 11.5 Å². The lowest BCUT2D eigenvalue weighted by atomic mass is 10.1. The van der Waals surface area contributed by atoms with E-state index < -0.39 is 19.2 Å². The molecule has 6 heteroatoms. The first-order valence-electron chi connectivity index (χ1n) is 9.40. The van der Waals surface area contributed by atoms with Gasteiger partial charge in [0.15, 0.2) is 0 Å². The summed E-state index contributed by atoms with van der Waals surface area (Å²) in [5.74, 6) is 0.336. The molecule has 0 saturated carbocycles. The molecule has 150 valence electrons. The Hall–Kier alpha value is -3.04. The van der Waals surface area contributed by atoms with E-state index in [0.29, 0.717) is 17.1 Å². The molecule has 0 radical (unpaired) electrons. The van der Waals surface area contributed by atoms with E-state index in [1.165, 1.54) is 0 Å². The minimum atomic E-state index is -3.87.